The number of carbonyl (C=O) groups is 3. The van der Waals surface area contributed by atoms with Crippen LogP contribution in [0.25, 0.3) is 10.8 Å². The SMILES string of the molecule is C[C@@H](Oc1ccc2ccccc2c1)C(=O)NNC(=O)/C=C/C(=O)O. The molecule has 2 amide bonds. The monoisotopic (exact) mass is 328 g/mol. The van der Waals surface area contributed by atoms with Gasteiger partial charge in [0.15, 0.2) is 6.10 Å². The van der Waals surface area contributed by atoms with E-state index in [2.05, 4.69) is 10.9 Å². The van der Waals surface area contributed by atoms with E-state index in [4.69, 9.17) is 9.84 Å². The molecule has 24 heavy (non-hydrogen) atoms. The van der Waals surface area contributed by atoms with Gasteiger partial charge in [0.1, 0.15) is 5.75 Å². The standard InChI is InChI=1S/C17H16N2O5/c1-11(17(23)19-18-15(20)8-9-16(21)22)24-14-7-6-12-4-2-3-5-13(12)10-14/h2-11H,1H3,(H,18,20)(H,19,23)(H,21,22)/b9-8+/t11-/m1/s1. The van der Waals surface area contributed by atoms with Gasteiger partial charge >= 0.3 is 5.97 Å². The molecule has 1 atom stereocenters. The zero-order valence-electron chi connectivity index (χ0n) is 12.9. The number of rotatable bonds is 5. The van der Waals surface area contributed by atoms with Gasteiger partial charge in [-0.1, -0.05) is 30.3 Å². The summed E-state index contributed by atoms with van der Waals surface area (Å²) in [7, 11) is 0. The topological polar surface area (TPSA) is 105 Å². The second-order valence-corrected chi connectivity index (χ2v) is 4.92. The molecule has 2 rings (SSSR count). The number of carboxylic acid groups (broad SMARTS) is 1. The smallest absolute Gasteiger partial charge is 0.328 e. The summed E-state index contributed by atoms with van der Waals surface area (Å²) in [4.78, 5) is 33.4. The van der Waals surface area contributed by atoms with Crippen LogP contribution in [-0.4, -0.2) is 29.0 Å². The highest BCUT2D eigenvalue weighted by Gasteiger charge is 2.15. The summed E-state index contributed by atoms with van der Waals surface area (Å²) in [6.45, 7) is 1.53. The van der Waals surface area contributed by atoms with E-state index in [1.165, 1.54) is 6.92 Å². The minimum Gasteiger partial charge on any atom is -0.481 e. The van der Waals surface area contributed by atoms with Gasteiger partial charge in [0.25, 0.3) is 11.8 Å². The Balaban J connectivity index is 1.90. The third kappa shape index (κ3) is 4.84. The summed E-state index contributed by atoms with van der Waals surface area (Å²) < 4.78 is 5.54. The van der Waals surface area contributed by atoms with Gasteiger partial charge in [-0.25, -0.2) is 4.79 Å². The van der Waals surface area contributed by atoms with Gasteiger partial charge in [-0.15, -0.1) is 0 Å². The van der Waals surface area contributed by atoms with E-state index in [1.807, 2.05) is 36.4 Å². The van der Waals surface area contributed by atoms with Crippen LogP contribution >= 0.6 is 0 Å². The molecule has 0 aliphatic rings. The lowest BCUT2D eigenvalue weighted by atomic mass is 10.1. The molecule has 3 N–H and O–H groups in total. The summed E-state index contributed by atoms with van der Waals surface area (Å²) in [5.74, 6) is -2.07. The van der Waals surface area contributed by atoms with Gasteiger partial charge in [-0.05, 0) is 29.8 Å². The first-order chi connectivity index (χ1) is 11.5. The maximum Gasteiger partial charge on any atom is 0.328 e. The van der Waals surface area contributed by atoms with Crippen LogP contribution in [0.1, 0.15) is 6.92 Å². The van der Waals surface area contributed by atoms with Crippen molar-refractivity contribution in [1.82, 2.24) is 10.9 Å². The van der Waals surface area contributed by atoms with E-state index in [0.717, 1.165) is 16.8 Å². The lowest BCUT2D eigenvalue weighted by molar-refractivity contribution is -0.132. The Labute approximate surface area is 137 Å². The fourth-order valence-electron chi connectivity index (χ4n) is 1.91. The van der Waals surface area contributed by atoms with E-state index in [-0.39, 0.29) is 0 Å². The lowest BCUT2D eigenvalue weighted by Gasteiger charge is -2.15. The predicted molar refractivity (Wildman–Crippen MR) is 87.1 cm³/mol. The Hall–Kier alpha value is -3.35. The average Bonchev–Trinajstić information content (AvgIpc) is 2.57. The van der Waals surface area contributed by atoms with Crippen molar-refractivity contribution >= 4 is 28.6 Å². The number of hydrazine groups is 1. The van der Waals surface area contributed by atoms with Crippen molar-refractivity contribution in [3.8, 4) is 5.75 Å². The summed E-state index contributed by atoms with van der Waals surface area (Å²) in [6.07, 6.45) is 0.600. The number of ether oxygens (including phenoxy) is 1. The highest BCUT2D eigenvalue weighted by atomic mass is 16.5. The zero-order valence-corrected chi connectivity index (χ0v) is 12.9. The number of hydrogen-bond acceptors (Lipinski definition) is 4. The maximum absolute atomic E-state index is 11.9. The van der Waals surface area contributed by atoms with Crippen molar-refractivity contribution < 1.29 is 24.2 Å². The average molecular weight is 328 g/mol. The highest BCUT2D eigenvalue weighted by Crippen LogP contribution is 2.21. The molecule has 0 heterocycles. The van der Waals surface area contributed by atoms with Crippen LogP contribution in [0.5, 0.6) is 5.75 Å². The van der Waals surface area contributed by atoms with Crippen LogP contribution in [-0.2, 0) is 14.4 Å². The first kappa shape index (κ1) is 17.0. The molecule has 2 aromatic rings. The van der Waals surface area contributed by atoms with Crippen molar-refractivity contribution in [2.45, 2.75) is 13.0 Å². The van der Waals surface area contributed by atoms with Crippen molar-refractivity contribution in [3.63, 3.8) is 0 Å². The maximum atomic E-state index is 11.9. The second kappa shape index (κ2) is 7.77. The van der Waals surface area contributed by atoms with E-state index >= 15 is 0 Å². The molecule has 7 nitrogen and oxygen atoms in total. The molecule has 0 saturated heterocycles. The normalized spacial score (nSPS) is 11.9. The third-order valence-corrected chi connectivity index (χ3v) is 3.09. The number of hydrogen-bond donors (Lipinski definition) is 3. The van der Waals surface area contributed by atoms with Gasteiger partial charge in [-0.3, -0.25) is 20.4 Å². The van der Waals surface area contributed by atoms with Gasteiger partial charge in [0.05, 0.1) is 0 Å². The molecule has 0 spiro atoms. The molecule has 0 fully saturated rings. The van der Waals surface area contributed by atoms with Crippen LogP contribution in [0, 0.1) is 0 Å². The molecule has 2 aromatic carbocycles. The van der Waals surface area contributed by atoms with Gasteiger partial charge in [0, 0.05) is 12.2 Å². The van der Waals surface area contributed by atoms with Crippen molar-refractivity contribution in [2.24, 2.45) is 0 Å². The molecule has 0 aliphatic carbocycles. The first-order valence-electron chi connectivity index (χ1n) is 7.12. The van der Waals surface area contributed by atoms with Crippen molar-refractivity contribution in [2.75, 3.05) is 0 Å². The fraction of sp³-hybridized carbons (Fsp3) is 0.118. The molecule has 0 radical (unpaired) electrons. The van der Waals surface area contributed by atoms with E-state index < -0.39 is 23.9 Å². The number of nitrogens with one attached hydrogen (secondary N) is 2. The minimum atomic E-state index is -1.26. The summed E-state index contributed by atoms with van der Waals surface area (Å²) in [5.41, 5.74) is 4.22. The Kier molecular flexibility index (Phi) is 5.51. The molecule has 0 aromatic heterocycles. The molecular formula is C17H16N2O5. The molecular weight excluding hydrogens is 312 g/mol. The van der Waals surface area contributed by atoms with Crippen LogP contribution < -0.4 is 15.6 Å². The van der Waals surface area contributed by atoms with E-state index in [0.29, 0.717) is 11.8 Å². The Morgan fingerprint density at radius 1 is 1.04 bits per heavy atom. The van der Waals surface area contributed by atoms with Crippen LogP contribution in [0.3, 0.4) is 0 Å². The molecule has 0 aliphatic heterocycles. The molecule has 0 saturated carbocycles. The molecule has 124 valence electrons. The summed E-state index contributed by atoms with van der Waals surface area (Å²) in [6, 6.07) is 13.2. The van der Waals surface area contributed by atoms with Crippen molar-refractivity contribution in [1.29, 1.82) is 0 Å². The Morgan fingerprint density at radius 3 is 2.46 bits per heavy atom. The number of carboxylic acids is 1. The molecule has 0 bridgehead atoms. The third-order valence-electron chi connectivity index (χ3n) is 3.09. The van der Waals surface area contributed by atoms with E-state index in [9.17, 15) is 14.4 Å². The summed E-state index contributed by atoms with van der Waals surface area (Å²) >= 11 is 0. The Morgan fingerprint density at radius 2 is 1.75 bits per heavy atom. The Bertz CT molecular complexity index is 800. The second-order valence-electron chi connectivity index (χ2n) is 4.92. The van der Waals surface area contributed by atoms with Gasteiger partial charge in [0.2, 0.25) is 0 Å². The summed E-state index contributed by atoms with van der Waals surface area (Å²) in [5, 5.41) is 10.4. The van der Waals surface area contributed by atoms with Crippen molar-refractivity contribution in [3.05, 3.63) is 54.6 Å². The van der Waals surface area contributed by atoms with Crippen LogP contribution in [0.2, 0.25) is 0 Å². The fourth-order valence-corrected chi connectivity index (χ4v) is 1.91. The quantitative estimate of drug-likeness (QED) is 0.568. The minimum absolute atomic E-state index is 0.522. The number of carbonyl (C=O) groups excluding carboxylic acids is 2. The number of aliphatic carboxylic acids is 1. The molecule has 7 heteroatoms. The zero-order chi connectivity index (χ0) is 17.5. The first-order valence-corrected chi connectivity index (χ1v) is 7.12. The van der Waals surface area contributed by atoms with Gasteiger partial charge in [-0.2, -0.15) is 0 Å². The largest absolute Gasteiger partial charge is 0.481 e. The van der Waals surface area contributed by atoms with Crippen LogP contribution in [0.15, 0.2) is 54.6 Å². The number of amides is 2. The number of fused-ring (bicyclic) bond motifs is 1. The van der Waals surface area contributed by atoms with E-state index in [1.54, 1.807) is 6.07 Å². The lowest BCUT2D eigenvalue weighted by Crippen LogP contribution is -2.46. The molecule has 0 unspecified atom stereocenters. The van der Waals surface area contributed by atoms with Gasteiger partial charge < -0.3 is 9.84 Å². The number of benzene rings is 2. The highest BCUT2D eigenvalue weighted by molar-refractivity contribution is 5.95. The van der Waals surface area contributed by atoms with Crippen LogP contribution in [0.4, 0.5) is 0 Å². The predicted octanol–water partition coefficient (Wildman–Crippen LogP) is 1.40.